The van der Waals surface area contributed by atoms with Crippen molar-refractivity contribution in [2.75, 3.05) is 25.0 Å². The van der Waals surface area contributed by atoms with Crippen LogP contribution in [0, 0.1) is 0 Å². The van der Waals surface area contributed by atoms with Gasteiger partial charge >= 0.3 is 5.97 Å². The summed E-state index contributed by atoms with van der Waals surface area (Å²) in [6.45, 7) is 2.23. The molecule has 0 radical (unpaired) electrons. The zero-order chi connectivity index (χ0) is 18.5. The molecule has 0 bridgehead atoms. The van der Waals surface area contributed by atoms with Gasteiger partial charge in [-0.05, 0) is 30.8 Å². The molecule has 3 N–H and O–H groups in total. The number of carboxylic acid groups (broad SMARTS) is 1. The molecule has 1 aliphatic heterocycles. The van der Waals surface area contributed by atoms with Gasteiger partial charge in [-0.3, -0.25) is 9.59 Å². The lowest BCUT2D eigenvalue weighted by Crippen LogP contribution is -2.37. The largest absolute Gasteiger partial charge is 0.477 e. The number of hydrogen-bond acceptors (Lipinski definition) is 6. The van der Waals surface area contributed by atoms with Crippen LogP contribution in [0.4, 0.5) is 5.69 Å². The Morgan fingerprint density at radius 2 is 2.31 bits per heavy atom. The minimum Gasteiger partial charge on any atom is -0.477 e. The quantitative estimate of drug-likeness (QED) is 0.707. The van der Waals surface area contributed by atoms with Crippen molar-refractivity contribution in [1.82, 2.24) is 14.9 Å². The number of nitrogens with zero attached hydrogens (tertiary/aromatic N) is 2. The van der Waals surface area contributed by atoms with Crippen molar-refractivity contribution in [1.29, 1.82) is 0 Å². The van der Waals surface area contributed by atoms with Gasteiger partial charge in [0.1, 0.15) is 4.88 Å². The molecule has 3 heterocycles. The highest BCUT2D eigenvalue weighted by atomic mass is 32.1. The van der Waals surface area contributed by atoms with Crippen LogP contribution in [0.2, 0.25) is 0 Å². The van der Waals surface area contributed by atoms with Crippen LogP contribution in [-0.4, -0.2) is 51.5 Å². The molecule has 1 unspecified atom stereocenters. The molecule has 0 spiro atoms. The first kappa shape index (κ1) is 18.3. The van der Waals surface area contributed by atoms with E-state index in [2.05, 4.69) is 20.2 Å². The molecule has 0 aliphatic carbocycles. The van der Waals surface area contributed by atoms with Crippen molar-refractivity contribution in [3.63, 3.8) is 0 Å². The van der Waals surface area contributed by atoms with Gasteiger partial charge in [0.15, 0.2) is 0 Å². The van der Waals surface area contributed by atoms with Crippen LogP contribution < -0.4 is 10.9 Å². The summed E-state index contributed by atoms with van der Waals surface area (Å²) in [5.41, 5.74) is 0.973. The molecule has 3 rings (SSSR count). The summed E-state index contributed by atoms with van der Waals surface area (Å²) >= 11 is 1.09. The van der Waals surface area contributed by atoms with Gasteiger partial charge in [0.2, 0.25) is 5.91 Å². The lowest BCUT2D eigenvalue weighted by Gasteiger charge is -2.32. The molecule has 1 atom stereocenters. The molecule has 138 valence electrons. The number of amides is 1. The maximum absolute atomic E-state index is 12.1. The first-order chi connectivity index (χ1) is 12.5. The van der Waals surface area contributed by atoms with Crippen LogP contribution in [0.3, 0.4) is 0 Å². The van der Waals surface area contributed by atoms with E-state index in [0.29, 0.717) is 12.2 Å². The third kappa shape index (κ3) is 4.55. The predicted molar refractivity (Wildman–Crippen MR) is 97.8 cm³/mol. The maximum Gasteiger partial charge on any atom is 0.348 e. The molecular weight excluding hydrogens is 356 g/mol. The molecular formula is C17H20N4O4S. The Balaban J connectivity index is 1.52. The van der Waals surface area contributed by atoms with E-state index in [0.717, 1.165) is 43.0 Å². The zero-order valence-corrected chi connectivity index (χ0v) is 14.9. The number of nitrogens with one attached hydrogen (secondary N) is 2. The second-order valence-electron chi connectivity index (χ2n) is 6.24. The van der Waals surface area contributed by atoms with Crippen molar-refractivity contribution in [3.8, 4) is 0 Å². The van der Waals surface area contributed by atoms with Crippen LogP contribution in [0.15, 0.2) is 28.6 Å². The Kier molecular flexibility index (Phi) is 5.79. The van der Waals surface area contributed by atoms with E-state index in [1.165, 1.54) is 12.4 Å². The Morgan fingerprint density at radius 3 is 3.08 bits per heavy atom. The number of aromatic nitrogens is 2. The third-order valence-electron chi connectivity index (χ3n) is 4.41. The topological polar surface area (TPSA) is 115 Å². The molecule has 8 nitrogen and oxygen atoms in total. The van der Waals surface area contributed by atoms with Crippen molar-refractivity contribution < 1.29 is 14.7 Å². The van der Waals surface area contributed by atoms with Crippen molar-refractivity contribution in [3.05, 3.63) is 44.8 Å². The molecule has 9 heteroatoms. The second-order valence-corrected chi connectivity index (χ2v) is 7.16. The molecule has 26 heavy (non-hydrogen) atoms. The SMILES string of the molecule is O=C(CCN1CCCC(c2cc(=O)[nH]cn2)C1)Nc1ccsc1C(=O)O. The van der Waals surface area contributed by atoms with E-state index in [1.54, 1.807) is 11.4 Å². The molecule has 0 saturated carbocycles. The number of carboxylic acids is 1. The highest BCUT2D eigenvalue weighted by molar-refractivity contribution is 7.12. The molecule has 1 fully saturated rings. The fraction of sp³-hybridized carbons (Fsp3) is 0.412. The molecule has 1 amide bonds. The minimum absolute atomic E-state index is 0.136. The Morgan fingerprint density at radius 1 is 1.46 bits per heavy atom. The number of rotatable bonds is 6. The van der Waals surface area contributed by atoms with Crippen LogP contribution in [0.5, 0.6) is 0 Å². The van der Waals surface area contributed by atoms with E-state index in [4.69, 9.17) is 5.11 Å². The Bertz CT molecular complexity index is 847. The van der Waals surface area contributed by atoms with Gasteiger partial charge in [0.25, 0.3) is 5.56 Å². The average Bonchev–Trinajstić information content (AvgIpc) is 3.08. The Hall–Kier alpha value is -2.52. The van der Waals surface area contributed by atoms with Gasteiger partial charge in [-0.2, -0.15) is 0 Å². The summed E-state index contributed by atoms with van der Waals surface area (Å²) in [4.78, 5) is 43.8. The Labute approximate surface area is 153 Å². The number of likely N-dealkylation sites (tertiary alicyclic amines) is 1. The van der Waals surface area contributed by atoms with Crippen molar-refractivity contribution >= 4 is 28.9 Å². The second kappa shape index (κ2) is 8.24. The fourth-order valence-electron chi connectivity index (χ4n) is 3.15. The van der Waals surface area contributed by atoms with E-state index in [9.17, 15) is 14.4 Å². The van der Waals surface area contributed by atoms with Gasteiger partial charge in [-0.25, -0.2) is 9.78 Å². The fourth-order valence-corrected chi connectivity index (χ4v) is 3.84. The van der Waals surface area contributed by atoms with Gasteiger partial charge in [0.05, 0.1) is 17.7 Å². The highest BCUT2D eigenvalue weighted by Gasteiger charge is 2.23. The number of piperidine rings is 1. The monoisotopic (exact) mass is 376 g/mol. The van der Waals surface area contributed by atoms with Crippen LogP contribution in [-0.2, 0) is 4.79 Å². The summed E-state index contributed by atoms with van der Waals surface area (Å²) in [7, 11) is 0. The highest BCUT2D eigenvalue weighted by Crippen LogP contribution is 2.25. The summed E-state index contributed by atoms with van der Waals surface area (Å²) in [5.74, 6) is -1.06. The van der Waals surface area contributed by atoms with Gasteiger partial charge in [-0.1, -0.05) is 0 Å². The first-order valence-corrected chi connectivity index (χ1v) is 9.28. The maximum atomic E-state index is 12.1. The van der Waals surface area contributed by atoms with Gasteiger partial charge < -0.3 is 20.3 Å². The van der Waals surface area contributed by atoms with Gasteiger partial charge in [-0.15, -0.1) is 11.3 Å². The number of anilines is 1. The summed E-state index contributed by atoms with van der Waals surface area (Å²) in [6, 6.07) is 3.13. The number of aromatic carboxylic acids is 1. The number of thiophene rings is 1. The molecule has 1 aliphatic rings. The van der Waals surface area contributed by atoms with Gasteiger partial charge in [0, 0.05) is 31.5 Å². The minimum atomic E-state index is -1.04. The predicted octanol–water partition coefficient (Wildman–Crippen LogP) is 1.74. The number of aromatic amines is 1. The lowest BCUT2D eigenvalue weighted by molar-refractivity contribution is -0.116. The summed E-state index contributed by atoms with van der Waals surface area (Å²) in [5, 5.41) is 13.4. The van der Waals surface area contributed by atoms with Crippen LogP contribution >= 0.6 is 11.3 Å². The number of carbonyl (C=O) groups is 2. The summed E-state index contributed by atoms with van der Waals surface area (Å²) in [6.07, 6.45) is 3.65. The third-order valence-corrected chi connectivity index (χ3v) is 5.31. The summed E-state index contributed by atoms with van der Waals surface area (Å²) < 4.78 is 0. The standard InChI is InChI=1S/C17H20N4O4S/c22-14(20-12-4-7-26-16(12)17(24)25)3-6-21-5-1-2-11(9-21)13-8-15(23)19-10-18-13/h4,7-8,10-11H,1-3,5-6,9H2,(H,20,22)(H,24,25)(H,18,19,23). The number of carbonyl (C=O) groups excluding carboxylic acids is 1. The van der Waals surface area contributed by atoms with E-state index in [1.807, 2.05) is 0 Å². The van der Waals surface area contributed by atoms with Crippen molar-refractivity contribution in [2.24, 2.45) is 0 Å². The lowest BCUT2D eigenvalue weighted by atomic mass is 9.94. The molecule has 0 aromatic carbocycles. The van der Waals surface area contributed by atoms with E-state index >= 15 is 0 Å². The van der Waals surface area contributed by atoms with Crippen LogP contribution in [0.1, 0.15) is 40.5 Å². The smallest absolute Gasteiger partial charge is 0.348 e. The average molecular weight is 376 g/mol. The number of hydrogen-bond donors (Lipinski definition) is 3. The van der Waals surface area contributed by atoms with E-state index in [-0.39, 0.29) is 28.7 Å². The first-order valence-electron chi connectivity index (χ1n) is 8.40. The molecule has 2 aromatic rings. The molecule has 2 aromatic heterocycles. The van der Waals surface area contributed by atoms with Crippen molar-refractivity contribution in [2.45, 2.75) is 25.2 Å². The van der Waals surface area contributed by atoms with E-state index < -0.39 is 5.97 Å². The normalized spacial score (nSPS) is 17.8. The van der Waals surface area contributed by atoms with Crippen LogP contribution in [0.25, 0.3) is 0 Å². The zero-order valence-electron chi connectivity index (χ0n) is 14.1. The number of H-pyrrole nitrogens is 1. The molecule has 1 saturated heterocycles.